The molecule has 2 unspecified atom stereocenters. The number of rotatable bonds is 4. The van der Waals surface area contributed by atoms with Crippen LogP contribution in [0.1, 0.15) is 44.1 Å². The first kappa shape index (κ1) is 14.5. The molecule has 21 heavy (non-hydrogen) atoms. The predicted molar refractivity (Wildman–Crippen MR) is 80.3 cm³/mol. The Morgan fingerprint density at radius 2 is 2.14 bits per heavy atom. The van der Waals surface area contributed by atoms with Crippen LogP contribution in [0.2, 0.25) is 0 Å². The smallest absolute Gasteiger partial charge is 0.230 e. The average Bonchev–Trinajstić information content (AvgIpc) is 2.84. The van der Waals surface area contributed by atoms with E-state index in [1.165, 1.54) is 12.1 Å². The molecule has 3 rings (SSSR count). The lowest BCUT2D eigenvalue weighted by atomic mass is 9.63. The summed E-state index contributed by atoms with van der Waals surface area (Å²) in [6, 6.07) is 6.68. The Morgan fingerprint density at radius 1 is 1.33 bits per heavy atom. The molecule has 4 heteroatoms. The van der Waals surface area contributed by atoms with Gasteiger partial charge >= 0.3 is 0 Å². The fourth-order valence-electron chi connectivity index (χ4n) is 3.78. The van der Waals surface area contributed by atoms with Gasteiger partial charge in [-0.1, -0.05) is 25.0 Å². The minimum Gasteiger partial charge on any atom is -0.352 e. The van der Waals surface area contributed by atoms with Crippen molar-refractivity contribution in [3.8, 4) is 0 Å². The topological polar surface area (TPSA) is 55.1 Å². The van der Waals surface area contributed by atoms with E-state index in [-0.39, 0.29) is 17.8 Å². The number of carbonyl (C=O) groups excluding carboxylic acids is 1. The molecular formula is C17H23FN2O. The van der Waals surface area contributed by atoms with Crippen molar-refractivity contribution in [1.82, 2.24) is 5.32 Å². The van der Waals surface area contributed by atoms with Crippen LogP contribution in [0.4, 0.5) is 4.39 Å². The molecule has 0 aromatic heterocycles. The van der Waals surface area contributed by atoms with Crippen LogP contribution in [0, 0.1) is 11.7 Å². The molecule has 3 N–H and O–H groups in total. The van der Waals surface area contributed by atoms with Crippen LogP contribution in [0.5, 0.6) is 0 Å². The van der Waals surface area contributed by atoms with E-state index in [1.54, 1.807) is 6.07 Å². The van der Waals surface area contributed by atoms with Crippen molar-refractivity contribution in [3.63, 3.8) is 0 Å². The highest BCUT2D eigenvalue weighted by atomic mass is 19.1. The number of hydrogen-bond acceptors (Lipinski definition) is 2. The average molecular weight is 290 g/mol. The number of nitrogens with one attached hydrogen (secondary N) is 1. The summed E-state index contributed by atoms with van der Waals surface area (Å²) in [6.07, 6.45) is 5.86. The van der Waals surface area contributed by atoms with Gasteiger partial charge in [-0.15, -0.1) is 0 Å². The summed E-state index contributed by atoms with van der Waals surface area (Å²) in [5.41, 5.74) is 6.08. The number of carbonyl (C=O) groups is 1. The second-order valence-corrected chi connectivity index (χ2v) is 6.45. The van der Waals surface area contributed by atoms with Crippen LogP contribution in [-0.4, -0.2) is 18.5 Å². The SMILES string of the molecule is NCC1CCCC1NC(=O)C1(c2cccc(F)c2)CCC1. The minimum atomic E-state index is -0.524. The van der Waals surface area contributed by atoms with Crippen molar-refractivity contribution in [2.45, 2.75) is 50.0 Å². The highest BCUT2D eigenvalue weighted by Gasteiger charge is 2.46. The minimum absolute atomic E-state index is 0.0599. The van der Waals surface area contributed by atoms with Gasteiger partial charge in [-0.3, -0.25) is 4.79 Å². The van der Waals surface area contributed by atoms with Crippen LogP contribution in [0.3, 0.4) is 0 Å². The van der Waals surface area contributed by atoms with Gasteiger partial charge in [0.25, 0.3) is 0 Å². The molecule has 1 aromatic carbocycles. The fourth-order valence-corrected chi connectivity index (χ4v) is 3.78. The Morgan fingerprint density at radius 3 is 2.76 bits per heavy atom. The van der Waals surface area contributed by atoms with Gasteiger partial charge in [0.05, 0.1) is 5.41 Å². The molecule has 1 aromatic rings. The van der Waals surface area contributed by atoms with E-state index in [9.17, 15) is 9.18 Å². The summed E-state index contributed by atoms with van der Waals surface area (Å²) in [6.45, 7) is 0.623. The van der Waals surface area contributed by atoms with Crippen LogP contribution in [-0.2, 0) is 10.2 Å². The highest BCUT2D eigenvalue weighted by molar-refractivity contribution is 5.89. The summed E-state index contributed by atoms with van der Waals surface area (Å²) in [5, 5.41) is 3.20. The molecule has 2 saturated carbocycles. The zero-order chi connectivity index (χ0) is 14.9. The first-order valence-electron chi connectivity index (χ1n) is 7.93. The van der Waals surface area contributed by atoms with Gasteiger partial charge in [0.2, 0.25) is 5.91 Å². The zero-order valence-corrected chi connectivity index (χ0v) is 12.3. The van der Waals surface area contributed by atoms with Gasteiger partial charge < -0.3 is 11.1 Å². The first-order valence-corrected chi connectivity index (χ1v) is 7.93. The normalized spacial score (nSPS) is 27.1. The lowest BCUT2D eigenvalue weighted by Crippen LogP contribution is -2.53. The molecule has 0 aliphatic heterocycles. The Bertz CT molecular complexity index is 527. The van der Waals surface area contributed by atoms with Gasteiger partial charge in [-0.05, 0) is 55.8 Å². The standard InChI is InChI=1S/C17H23FN2O/c18-14-6-2-5-13(10-14)17(8-3-9-17)16(21)20-15-7-1-4-12(15)11-19/h2,5-6,10,12,15H,1,3-4,7-9,11,19H2,(H,20,21). The third-order valence-electron chi connectivity index (χ3n) is 5.30. The van der Waals surface area contributed by atoms with Crippen molar-refractivity contribution < 1.29 is 9.18 Å². The summed E-state index contributed by atoms with van der Waals surface area (Å²) in [7, 11) is 0. The number of nitrogens with two attached hydrogens (primary N) is 1. The van der Waals surface area contributed by atoms with E-state index in [2.05, 4.69) is 5.32 Å². The lowest BCUT2D eigenvalue weighted by molar-refractivity contribution is -0.130. The van der Waals surface area contributed by atoms with E-state index in [0.717, 1.165) is 44.1 Å². The third-order valence-corrected chi connectivity index (χ3v) is 5.30. The second-order valence-electron chi connectivity index (χ2n) is 6.45. The maximum atomic E-state index is 13.5. The lowest BCUT2D eigenvalue weighted by Gasteiger charge is -2.42. The van der Waals surface area contributed by atoms with Gasteiger partial charge in [0.15, 0.2) is 0 Å². The van der Waals surface area contributed by atoms with E-state index in [4.69, 9.17) is 5.73 Å². The van der Waals surface area contributed by atoms with Crippen LogP contribution < -0.4 is 11.1 Å². The molecule has 114 valence electrons. The molecule has 2 atom stereocenters. The summed E-state index contributed by atoms with van der Waals surface area (Å²) in [4.78, 5) is 12.8. The summed E-state index contributed by atoms with van der Waals surface area (Å²) < 4.78 is 13.5. The van der Waals surface area contributed by atoms with Crippen molar-refractivity contribution in [3.05, 3.63) is 35.6 Å². The molecule has 0 bridgehead atoms. The van der Waals surface area contributed by atoms with E-state index in [1.807, 2.05) is 6.07 Å². The highest BCUT2D eigenvalue weighted by Crippen LogP contribution is 2.44. The Balaban J connectivity index is 1.78. The molecule has 3 nitrogen and oxygen atoms in total. The molecule has 2 fully saturated rings. The second kappa shape index (κ2) is 5.76. The van der Waals surface area contributed by atoms with Gasteiger partial charge in [0.1, 0.15) is 5.82 Å². The van der Waals surface area contributed by atoms with Gasteiger partial charge in [-0.2, -0.15) is 0 Å². The van der Waals surface area contributed by atoms with E-state index >= 15 is 0 Å². The van der Waals surface area contributed by atoms with Crippen molar-refractivity contribution in [2.24, 2.45) is 11.7 Å². The number of benzene rings is 1. The fraction of sp³-hybridized carbons (Fsp3) is 0.588. The Hall–Kier alpha value is -1.42. The van der Waals surface area contributed by atoms with Crippen molar-refractivity contribution >= 4 is 5.91 Å². The van der Waals surface area contributed by atoms with Crippen molar-refractivity contribution in [1.29, 1.82) is 0 Å². The summed E-state index contributed by atoms with van der Waals surface area (Å²) in [5.74, 6) is 0.176. The van der Waals surface area contributed by atoms with E-state index < -0.39 is 5.41 Å². The first-order chi connectivity index (χ1) is 10.2. The molecule has 0 spiro atoms. The molecule has 0 radical (unpaired) electrons. The third kappa shape index (κ3) is 2.57. The maximum absolute atomic E-state index is 13.5. The van der Waals surface area contributed by atoms with Crippen LogP contribution >= 0.6 is 0 Å². The van der Waals surface area contributed by atoms with Crippen molar-refractivity contribution in [2.75, 3.05) is 6.54 Å². The molecule has 1 amide bonds. The van der Waals surface area contributed by atoms with Gasteiger partial charge in [-0.25, -0.2) is 4.39 Å². The number of amides is 1. The monoisotopic (exact) mass is 290 g/mol. The predicted octanol–water partition coefficient (Wildman–Crippen LogP) is 2.49. The quantitative estimate of drug-likeness (QED) is 0.895. The molecule has 2 aliphatic carbocycles. The Kier molecular flexibility index (Phi) is 3.98. The molecular weight excluding hydrogens is 267 g/mol. The van der Waals surface area contributed by atoms with E-state index in [0.29, 0.717) is 12.5 Å². The molecule has 2 aliphatic rings. The van der Waals surface area contributed by atoms with Gasteiger partial charge in [0, 0.05) is 6.04 Å². The maximum Gasteiger partial charge on any atom is 0.230 e. The summed E-state index contributed by atoms with van der Waals surface area (Å²) >= 11 is 0. The van der Waals surface area contributed by atoms with Crippen LogP contribution in [0.25, 0.3) is 0 Å². The number of halogens is 1. The van der Waals surface area contributed by atoms with Crippen LogP contribution in [0.15, 0.2) is 24.3 Å². The zero-order valence-electron chi connectivity index (χ0n) is 12.3. The largest absolute Gasteiger partial charge is 0.352 e. The number of hydrogen-bond donors (Lipinski definition) is 2. The molecule has 0 heterocycles. The molecule has 0 saturated heterocycles. The Labute approximate surface area is 125 Å².